The Labute approximate surface area is 124 Å². The van der Waals surface area contributed by atoms with Gasteiger partial charge in [-0.25, -0.2) is 0 Å². The largest absolute Gasteiger partial charge is 0.345 e. The fourth-order valence-electron chi connectivity index (χ4n) is 3.23. The van der Waals surface area contributed by atoms with Crippen molar-refractivity contribution in [1.82, 2.24) is 4.90 Å². The van der Waals surface area contributed by atoms with E-state index in [1.54, 1.807) is 0 Å². The lowest BCUT2D eigenvalue weighted by molar-refractivity contribution is 0.239. The van der Waals surface area contributed by atoms with E-state index in [0.717, 1.165) is 0 Å². The van der Waals surface area contributed by atoms with Gasteiger partial charge in [-0.05, 0) is 34.1 Å². The third-order valence-electron chi connectivity index (χ3n) is 4.08. The van der Waals surface area contributed by atoms with E-state index in [4.69, 9.17) is 12.8 Å². The minimum absolute atomic E-state index is 0.330. The van der Waals surface area contributed by atoms with Crippen molar-refractivity contribution in [1.29, 1.82) is 0 Å². The summed E-state index contributed by atoms with van der Waals surface area (Å²) in [4.78, 5) is 7.39. The van der Waals surface area contributed by atoms with Crippen molar-refractivity contribution in [2.24, 2.45) is 4.99 Å². The van der Waals surface area contributed by atoms with Gasteiger partial charge in [0.15, 0.2) is 5.17 Å². The van der Waals surface area contributed by atoms with E-state index < -0.39 is 0 Å². The van der Waals surface area contributed by atoms with Crippen molar-refractivity contribution in [2.45, 2.75) is 89.0 Å². The normalized spacial score (nSPS) is 34.7. The second-order valence-electron chi connectivity index (χ2n) is 6.46. The molecule has 2 aliphatic rings. The van der Waals surface area contributed by atoms with Gasteiger partial charge in [-0.1, -0.05) is 43.3 Å². The summed E-state index contributed by atoms with van der Waals surface area (Å²) in [5.41, 5.74) is 0. The highest BCUT2D eigenvalue weighted by molar-refractivity contribution is 8.14. The van der Waals surface area contributed by atoms with Gasteiger partial charge in [0.05, 0.1) is 7.85 Å². The van der Waals surface area contributed by atoms with Crippen LogP contribution in [-0.2, 0) is 0 Å². The fourth-order valence-corrected chi connectivity index (χ4v) is 4.95. The fraction of sp³-hybridized carbons (Fsp3) is 0.933. The van der Waals surface area contributed by atoms with Crippen LogP contribution in [0.2, 0.25) is 5.82 Å². The number of amidine groups is 1. The standard InChI is InChI=1S/C15H27BN2S/c1-10(2)17-15-18(11(3)4)13-9-7-5-6-8-12(16)14(13)19-15/h10-14H,5-9H2,1-4H3. The Morgan fingerprint density at radius 1 is 1.16 bits per heavy atom. The van der Waals surface area contributed by atoms with E-state index >= 15 is 0 Å². The van der Waals surface area contributed by atoms with Crippen molar-refractivity contribution < 1.29 is 0 Å². The summed E-state index contributed by atoms with van der Waals surface area (Å²) < 4.78 is 0. The Hall–Kier alpha value is -0.115. The molecule has 0 bridgehead atoms. The van der Waals surface area contributed by atoms with Crippen LogP contribution in [-0.4, -0.2) is 41.3 Å². The molecule has 2 rings (SSSR count). The van der Waals surface area contributed by atoms with Crippen LogP contribution in [0.3, 0.4) is 0 Å². The van der Waals surface area contributed by atoms with Crippen molar-refractivity contribution in [2.75, 3.05) is 0 Å². The maximum atomic E-state index is 6.44. The minimum Gasteiger partial charge on any atom is -0.345 e. The lowest BCUT2D eigenvalue weighted by Crippen LogP contribution is -2.43. The SMILES string of the molecule is [B]C1CCCCCC2C1SC(=NC(C)C)N2C(C)C. The van der Waals surface area contributed by atoms with Gasteiger partial charge in [-0.2, -0.15) is 0 Å². The topological polar surface area (TPSA) is 15.6 Å². The molecule has 1 aliphatic heterocycles. The number of hydrogen-bond donors (Lipinski definition) is 0. The van der Waals surface area contributed by atoms with Crippen LogP contribution >= 0.6 is 11.8 Å². The molecule has 1 saturated carbocycles. The highest BCUT2D eigenvalue weighted by Crippen LogP contribution is 2.44. The van der Waals surface area contributed by atoms with E-state index in [2.05, 4.69) is 32.6 Å². The molecule has 0 aromatic carbocycles. The number of aliphatic imine (C=N–C) groups is 1. The Balaban J connectivity index is 2.25. The maximum Gasteiger partial charge on any atom is 0.160 e. The molecule has 19 heavy (non-hydrogen) atoms. The minimum atomic E-state index is 0.330. The van der Waals surface area contributed by atoms with Crippen LogP contribution in [0, 0.1) is 0 Å². The predicted octanol–water partition coefficient (Wildman–Crippen LogP) is 3.87. The zero-order valence-corrected chi connectivity index (χ0v) is 13.6. The van der Waals surface area contributed by atoms with Crippen LogP contribution in [0.4, 0.5) is 0 Å². The molecule has 106 valence electrons. The first-order chi connectivity index (χ1) is 9.00. The second-order valence-corrected chi connectivity index (χ2v) is 7.60. The molecule has 1 saturated heterocycles. The summed E-state index contributed by atoms with van der Waals surface area (Å²) in [5, 5.41) is 1.78. The summed E-state index contributed by atoms with van der Waals surface area (Å²) in [7, 11) is 6.44. The molecule has 0 aromatic rings. The molecule has 1 aliphatic carbocycles. The highest BCUT2D eigenvalue weighted by Gasteiger charge is 2.42. The van der Waals surface area contributed by atoms with E-state index in [-0.39, 0.29) is 0 Å². The first-order valence-corrected chi connectivity index (χ1v) is 8.67. The Morgan fingerprint density at radius 2 is 1.84 bits per heavy atom. The Morgan fingerprint density at radius 3 is 2.47 bits per heavy atom. The molecule has 0 aromatic heterocycles. The molecule has 0 N–H and O–H groups in total. The lowest BCUT2D eigenvalue weighted by atomic mass is 9.75. The molecule has 0 spiro atoms. The first kappa shape index (κ1) is 15.3. The van der Waals surface area contributed by atoms with E-state index in [9.17, 15) is 0 Å². The molecule has 0 amide bonds. The summed E-state index contributed by atoms with van der Waals surface area (Å²) >= 11 is 1.94. The predicted molar refractivity (Wildman–Crippen MR) is 87.3 cm³/mol. The number of thioether (sulfide) groups is 1. The van der Waals surface area contributed by atoms with Gasteiger partial charge in [-0.3, -0.25) is 4.99 Å². The molecular formula is C15H27BN2S. The van der Waals surface area contributed by atoms with Crippen molar-refractivity contribution in [3.63, 3.8) is 0 Å². The van der Waals surface area contributed by atoms with Gasteiger partial charge in [0.2, 0.25) is 0 Å². The summed E-state index contributed by atoms with van der Waals surface area (Å²) in [6, 6.07) is 1.48. The molecule has 3 atom stereocenters. The molecule has 2 fully saturated rings. The maximum absolute atomic E-state index is 6.44. The second kappa shape index (κ2) is 6.56. The first-order valence-electron chi connectivity index (χ1n) is 7.79. The number of rotatable bonds is 2. The zero-order valence-electron chi connectivity index (χ0n) is 12.8. The average molecular weight is 278 g/mol. The lowest BCUT2D eigenvalue weighted by Gasteiger charge is -2.35. The van der Waals surface area contributed by atoms with Crippen LogP contribution in [0.25, 0.3) is 0 Å². The van der Waals surface area contributed by atoms with Gasteiger partial charge in [0, 0.05) is 23.4 Å². The number of nitrogens with zero attached hydrogens (tertiary/aromatic N) is 2. The molecule has 3 unspecified atom stereocenters. The summed E-state index contributed by atoms with van der Waals surface area (Å²) in [6.07, 6.45) is 6.43. The van der Waals surface area contributed by atoms with Crippen LogP contribution in [0.5, 0.6) is 0 Å². The Kier molecular flexibility index (Phi) is 5.27. The van der Waals surface area contributed by atoms with Crippen LogP contribution in [0.1, 0.15) is 59.8 Å². The Bertz CT molecular complexity index is 330. The molecule has 2 nitrogen and oxygen atoms in total. The van der Waals surface area contributed by atoms with Gasteiger partial charge in [0.1, 0.15) is 0 Å². The van der Waals surface area contributed by atoms with Gasteiger partial charge < -0.3 is 4.90 Å². The highest BCUT2D eigenvalue weighted by atomic mass is 32.2. The van der Waals surface area contributed by atoms with E-state index in [0.29, 0.717) is 29.2 Å². The average Bonchev–Trinajstić information content (AvgIpc) is 2.63. The monoisotopic (exact) mass is 278 g/mol. The summed E-state index contributed by atoms with van der Waals surface area (Å²) in [5.74, 6) is 0.330. The van der Waals surface area contributed by atoms with Gasteiger partial charge in [0.25, 0.3) is 0 Å². The van der Waals surface area contributed by atoms with Crippen molar-refractivity contribution >= 4 is 24.8 Å². The van der Waals surface area contributed by atoms with Crippen LogP contribution < -0.4 is 0 Å². The number of fused-ring (bicyclic) bond motifs is 1. The van der Waals surface area contributed by atoms with E-state index in [1.807, 2.05) is 11.8 Å². The van der Waals surface area contributed by atoms with Gasteiger partial charge in [-0.15, -0.1) is 0 Å². The molecule has 1 heterocycles. The van der Waals surface area contributed by atoms with E-state index in [1.165, 1.54) is 37.3 Å². The third-order valence-corrected chi connectivity index (χ3v) is 5.55. The van der Waals surface area contributed by atoms with Crippen LogP contribution in [0.15, 0.2) is 4.99 Å². The molecular weight excluding hydrogens is 251 g/mol. The summed E-state index contributed by atoms with van der Waals surface area (Å²) in [6.45, 7) is 8.88. The smallest absolute Gasteiger partial charge is 0.160 e. The third kappa shape index (κ3) is 3.50. The van der Waals surface area contributed by atoms with Gasteiger partial charge >= 0.3 is 0 Å². The zero-order chi connectivity index (χ0) is 14.0. The quantitative estimate of drug-likeness (QED) is 0.713. The molecule has 2 radical (unpaired) electrons. The molecule has 4 heteroatoms. The number of hydrogen-bond acceptors (Lipinski definition) is 2. The van der Waals surface area contributed by atoms with Crippen molar-refractivity contribution in [3.05, 3.63) is 0 Å². The van der Waals surface area contributed by atoms with Crippen molar-refractivity contribution in [3.8, 4) is 0 Å².